The van der Waals surface area contributed by atoms with Gasteiger partial charge in [-0.15, -0.1) is 0 Å². The number of hydrogen-bond acceptors (Lipinski definition) is 6. The van der Waals surface area contributed by atoms with Gasteiger partial charge < -0.3 is 18.6 Å². The highest BCUT2D eigenvalue weighted by Crippen LogP contribution is 2.60. The highest BCUT2D eigenvalue weighted by molar-refractivity contribution is 6.74. The summed E-state index contributed by atoms with van der Waals surface area (Å²) in [7, 11) is -1.89. The van der Waals surface area contributed by atoms with E-state index >= 15 is 0 Å². The maximum atomic E-state index is 6.74. The van der Waals surface area contributed by atoms with E-state index in [4.69, 9.17) is 28.4 Å². The fourth-order valence-electron chi connectivity index (χ4n) is 6.47. The van der Waals surface area contributed by atoms with Gasteiger partial charge in [-0.25, -0.2) is 9.78 Å². The van der Waals surface area contributed by atoms with Crippen molar-refractivity contribution in [3.8, 4) is 0 Å². The zero-order chi connectivity index (χ0) is 25.8. The molecule has 0 aromatic carbocycles. The summed E-state index contributed by atoms with van der Waals surface area (Å²) in [5, 5.41) is 0.167. The molecule has 4 heterocycles. The van der Waals surface area contributed by atoms with Gasteiger partial charge in [0.2, 0.25) is 5.79 Å². The van der Waals surface area contributed by atoms with Gasteiger partial charge in [-0.3, -0.25) is 0 Å². The summed E-state index contributed by atoms with van der Waals surface area (Å²) in [4.78, 5) is 12.2. The number of allylic oxidation sites excluding steroid dienone is 1. The third-order valence-corrected chi connectivity index (χ3v) is 14.1. The average Bonchev–Trinajstić information content (AvgIpc) is 2.96. The van der Waals surface area contributed by atoms with E-state index in [0.29, 0.717) is 18.4 Å². The molecule has 2 unspecified atom stereocenters. The summed E-state index contributed by atoms with van der Waals surface area (Å²) in [6.45, 7) is 22.9. The minimum atomic E-state index is -1.89. The Kier molecular flexibility index (Phi) is 7.76. The zero-order valence-corrected chi connectivity index (χ0v) is 24.8. The first kappa shape index (κ1) is 27.7. The number of ether oxygens (including phenoxy) is 3. The first-order chi connectivity index (χ1) is 16.2. The van der Waals surface area contributed by atoms with Crippen LogP contribution in [0.4, 0.5) is 0 Å². The third kappa shape index (κ3) is 5.21. The fourth-order valence-corrected chi connectivity index (χ4v) is 7.76. The molecule has 1 saturated carbocycles. The van der Waals surface area contributed by atoms with Crippen LogP contribution in [0, 0.1) is 23.7 Å². The Labute approximate surface area is 214 Å². The van der Waals surface area contributed by atoms with Crippen molar-refractivity contribution in [1.29, 1.82) is 0 Å². The molecule has 5 rings (SSSR count). The highest BCUT2D eigenvalue weighted by Gasteiger charge is 2.69. The first-order valence-electron chi connectivity index (χ1n) is 13.8. The van der Waals surface area contributed by atoms with Gasteiger partial charge in [-0.1, -0.05) is 46.3 Å². The largest absolute Gasteiger partial charge is 0.410 e. The normalized spacial score (nSPS) is 42.2. The predicted molar refractivity (Wildman–Crippen MR) is 139 cm³/mol. The maximum Gasteiger partial charge on any atom is 0.201 e. The van der Waals surface area contributed by atoms with Crippen LogP contribution >= 0.6 is 0 Å². The van der Waals surface area contributed by atoms with E-state index in [1.807, 2.05) is 6.92 Å². The van der Waals surface area contributed by atoms with Gasteiger partial charge in [0.15, 0.2) is 26.5 Å². The van der Waals surface area contributed by atoms with E-state index in [1.165, 1.54) is 12.0 Å². The average molecular weight is 511 g/mol. The van der Waals surface area contributed by atoms with Gasteiger partial charge in [-0.05, 0) is 76.4 Å². The van der Waals surface area contributed by atoms with E-state index in [-0.39, 0.29) is 29.3 Å². The van der Waals surface area contributed by atoms with Crippen molar-refractivity contribution >= 4 is 8.32 Å². The standard InChI is InChI=1S/C28H50O6Si/c1-18(2)17-21(32-35(9,10)26(5,6)7)14-16-29-24-20(4)23-12-11-19(3)22-13-15-27(8)31-25(30-24)28(22,23)34-33-27/h17,19-25H,11-16H2,1-10H3/t19-,20-,21?,22+,23+,24?,25-,27-,28-/m1/s1. The van der Waals surface area contributed by atoms with Crippen LogP contribution in [0.3, 0.4) is 0 Å². The molecule has 9 atom stereocenters. The van der Waals surface area contributed by atoms with Gasteiger partial charge in [0.25, 0.3) is 0 Å². The minimum absolute atomic E-state index is 0.0480. The first-order valence-corrected chi connectivity index (χ1v) is 16.7. The lowest BCUT2D eigenvalue weighted by atomic mass is 9.58. The SMILES string of the molecule is CC(C)=CC(CCOC1O[C@@H]2O[C@@]3(C)CC[C@H]4[C@H](C)CC[C@@H]([C@H]1C)[C@@]24OO3)O[Si](C)(C)C(C)(C)C. The van der Waals surface area contributed by atoms with E-state index in [0.717, 1.165) is 25.7 Å². The maximum absolute atomic E-state index is 6.74. The Bertz CT molecular complexity index is 789. The highest BCUT2D eigenvalue weighted by atomic mass is 28.4. The van der Waals surface area contributed by atoms with Gasteiger partial charge in [0.1, 0.15) is 0 Å². The van der Waals surface area contributed by atoms with Crippen molar-refractivity contribution < 1.29 is 28.4 Å². The molecule has 4 saturated heterocycles. The lowest BCUT2D eigenvalue weighted by Crippen LogP contribution is -2.70. The summed E-state index contributed by atoms with van der Waals surface area (Å²) >= 11 is 0. The predicted octanol–water partition coefficient (Wildman–Crippen LogP) is 6.96. The van der Waals surface area contributed by atoms with Crippen LogP contribution in [-0.2, 0) is 28.4 Å². The lowest BCUT2D eigenvalue weighted by molar-refractivity contribution is -0.577. The second-order valence-electron chi connectivity index (χ2n) is 13.6. The van der Waals surface area contributed by atoms with Crippen LogP contribution in [-0.4, -0.2) is 45.0 Å². The quantitative estimate of drug-likeness (QED) is 0.210. The zero-order valence-electron chi connectivity index (χ0n) is 23.8. The molecule has 7 heteroatoms. The number of hydrogen-bond donors (Lipinski definition) is 0. The van der Waals surface area contributed by atoms with Crippen LogP contribution in [0.5, 0.6) is 0 Å². The van der Waals surface area contributed by atoms with E-state index < -0.39 is 26.0 Å². The van der Waals surface area contributed by atoms with Gasteiger partial charge in [0.05, 0.1) is 12.7 Å². The monoisotopic (exact) mass is 510 g/mol. The molecular weight excluding hydrogens is 460 g/mol. The molecule has 0 amide bonds. The summed E-state index contributed by atoms with van der Waals surface area (Å²) < 4.78 is 26.2. The summed E-state index contributed by atoms with van der Waals surface area (Å²) in [6.07, 6.45) is 6.47. The summed E-state index contributed by atoms with van der Waals surface area (Å²) in [6, 6.07) is 0. The molecular formula is C28H50O6Si. The molecule has 1 aliphatic carbocycles. The molecule has 6 nitrogen and oxygen atoms in total. The van der Waals surface area contributed by atoms with Crippen molar-refractivity contribution in [3.63, 3.8) is 0 Å². The van der Waals surface area contributed by atoms with Gasteiger partial charge in [-0.2, -0.15) is 0 Å². The third-order valence-electron chi connectivity index (χ3n) is 9.55. The van der Waals surface area contributed by atoms with Crippen molar-refractivity contribution in [3.05, 3.63) is 11.6 Å². The summed E-state index contributed by atoms with van der Waals surface area (Å²) in [5.41, 5.74) is 0.733. The van der Waals surface area contributed by atoms with Crippen molar-refractivity contribution in [2.75, 3.05) is 6.61 Å². The molecule has 1 spiro atoms. The summed E-state index contributed by atoms with van der Waals surface area (Å²) in [5.74, 6) is 0.658. The molecule has 0 aromatic rings. The number of rotatable bonds is 7. The number of fused-ring (bicyclic) bond motifs is 2. The van der Waals surface area contributed by atoms with Crippen molar-refractivity contribution in [2.24, 2.45) is 23.7 Å². The second-order valence-corrected chi connectivity index (χ2v) is 18.4. The fraction of sp³-hybridized carbons (Fsp3) is 0.929. The molecule has 35 heavy (non-hydrogen) atoms. The van der Waals surface area contributed by atoms with Crippen LogP contribution in [0.25, 0.3) is 0 Å². The molecule has 5 aliphatic rings. The van der Waals surface area contributed by atoms with E-state index in [9.17, 15) is 0 Å². The molecule has 2 bridgehead atoms. The van der Waals surface area contributed by atoms with Gasteiger partial charge >= 0.3 is 0 Å². The molecule has 202 valence electrons. The molecule has 5 fully saturated rings. The molecule has 0 N–H and O–H groups in total. The van der Waals surface area contributed by atoms with Crippen molar-refractivity contribution in [2.45, 2.75) is 136 Å². The van der Waals surface area contributed by atoms with Gasteiger partial charge in [0, 0.05) is 18.3 Å². The van der Waals surface area contributed by atoms with Crippen molar-refractivity contribution in [1.82, 2.24) is 0 Å². The van der Waals surface area contributed by atoms with Crippen LogP contribution in [0.1, 0.15) is 87.5 Å². The second kappa shape index (κ2) is 9.79. The van der Waals surface area contributed by atoms with Crippen LogP contribution in [0.15, 0.2) is 11.6 Å². The van der Waals surface area contributed by atoms with E-state index in [2.05, 4.69) is 67.6 Å². The minimum Gasteiger partial charge on any atom is -0.410 e. The smallest absolute Gasteiger partial charge is 0.201 e. The Morgan fingerprint density at radius 2 is 1.80 bits per heavy atom. The Balaban J connectivity index is 1.46. The Morgan fingerprint density at radius 1 is 1.09 bits per heavy atom. The molecule has 0 radical (unpaired) electrons. The molecule has 4 aliphatic heterocycles. The van der Waals surface area contributed by atoms with Crippen LogP contribution < -0.4 is 0 Å². The van der Waals surface area contributed by atoms with Crippen LogP contribution in [0.2, 0.25) is 18.1 Å². The lowest BCUT2D eigenvalue weighted by Gasteiger charge is -2.60. The molecule has 0 aromatic heterocycles. The topological polar surface area (TPSA) is 55.4 Å². The Hall–Kier alpha value is -0.283. The Morgan fingerprint density at radius 3 is 2.46 bits per heavy atom. The van der Waals surface area contributed by atoms with E-state index in [1.54, 1.807) is 0 Å².